The van der Waals surface area contributed by atoms with E-state index in [0.717, 1.165) is 36.9 Å². The largest absolute Gasteiger partial charge is 0.472 e. The second-order valence-electron chi connectivity index (χ2n) is 6.81. The standard InChI is InChI=1S/C20H22N2O3/c23-19-5-2-9-22(19)18-6-10-21(11-7-18)20(24)16-4-1-3-15(13-16)17-8-12-25-14-17/h1,3-4,8,12-14,18H,2,5-7,9-11H2. The second-order valence-corrected chi connectivity index (χ2v) is 6.81. The Hall–Kier alpha value is -2.56. The highest BCUT2D eigenvalue weighted by atomic mass is 16.3. The third kappa shape index (κ3) is 3.18. The maximum Gasteiger partial charge on any atom is 0.253 e. The van der Waals surface area contributed by atoms with Gasteiger partial charge < -0.3 is 14.2 Å². The van der Waals surface area contributed by atoms with Crippen molar-refractivity contribution < 1.29 is 14.0 Å². The van der Waals surface area contributed by atoms with Gasteiger partial charge in [-0.25, -0.2) is 0 Å². The van der Waals surface area contributed by atoms with Crippen molar-refractivity contribution in [1.29, 1.82) is 0 Å². The van der Waals surface area contributed by atoms with E-state index in [1.54, 1.807) is 12.5 Å². The molecule has 0 saturated carbocycles. The van der Waals surface area contributed by atoms with Crippen molar-refractivity contribution in [3.05, 3.63) is 48.4 Å². The lowest BCUT2D eigenvalue weighted by molar-refractivity contribution is -0.130. The van der Waals surface area contributed by atoms with E-state index >= 15 is 0 Å². The summed E-state index contributed by atoms with van der Waals surface area (Å²) in [6.45, 7) is 2.30. The van der Waals surface area contributed by atoms with Crippen LogP contribution in [0.4, 0.5) is 0 Å². The van der Waals surface area contributed by atoms with Gasteiger partial charge in [0.1, 0.15) is 0 Å². The molecule has 5 nitrogen and oxygen atoms in total. The minimum Gasteiger partial charge on any atom is -0.472 e. The van der Waals surface area contributed by atoms with Gasteiger partial charge in [-0.05, 0) is 43.0 Å². The molecule has 2 aliphatic heterocycles. The minimum absolute atomic E-state index is 0.0662. The van der Waals surface area contributed by atoms with Crippen LogP contribution in [-0.2, 0) is 4.79 Å². The van der Waals surface area contributed by atoms with E-state index in [-0.39, 0.29) is 11.8 Å². The quantitative estimate of drug-likeness (QED) is 0.864. The molecule has 130 valence electrons. The van der Waals surface area contributed by atoms with Gasteiger partial charge in [-0.3, -0.25) is 9.59 Å². The fourth-order valence-corrected chi connectivity index (χ4v) is 3.88. The summed E-state index contributed by atoms with van der Waals surface area (Å²) in [4.78, 5) is 28.7. The molecule has 0 aliphatic carbocycles. The second kappa shape index (κ2) is 6.75. The van der Waals surface area contributed by atoms with Gasteiger partial charge in [-0.2, -0.15) is 0 Å². The number of hydrogen-bond donors (Lipinski definition) is 0. The summed E-state index contributed by atoms with van der Waals surface area (Å²) in [5.74, 6) is 0.342. The number of amides is 2. The first-order valence-corrected chi connectivity index (χ1v) is 8.94. The van der Waals surface area contributed by atoms with Gasteiger partial charge >= 0.3 is 0 Å². The molecule has 0 N–H and O–H groups in total. The highest BCUT2D eigenvalue weighted by molar-refractivity contribution is 5.95. The van der Waals surface area contributed by atoms with Crippen LogP contribution in [0.15, 0.2) is 47.3 Å². The van der Waals surface area contributed by atoms with Gasteiger partial charge in [0, 0.05) is 43.2 Å². The van der Waals surface area contributed by atoms with Gasteiger partial charge in [0.25, 0.3) is 5.91 Å². The Morgan fingerprint density at radius 2 is 1.92 bits per heavy atom. The summed E-state index contributed by atoms with van der Waals surface area (Å²) in [5.41, 5.74) is 2.66. The van der Waals surface area contributed by atoms with Gasteiger partial charge in [-0.15, -0.1) is 0 Å². The topological polar surface area (TPSA) is 53.8 Å². The number of nitrogens with zero attached hydrogens (tertiary/aromatic N) is 2. The van der Waals surface area contributed by atoms with Crippen molar-refractivity contribution >= 4 is 11.8 Å². The van der Waals surface area contributed by atoms with Gasteiger partial charge in [0.15, 0.2) is 0 Å². The molecule has 0 unspecified atom stereocenters. The maximum absolute atomic E-state index is 12.8. The summed E-state index contributed by atoms with van der Waals surface area (Å²) in [5, 5.41) is 0. The lowest BCUT2D eigenvalue weighted by Crippen LogP contribution is -2.47. The third-order valence-electron chi connectivity index (χ3n) is 5.27. The molecule has 2 aromatic rings. The van der Waals surface area contributed by atoms with Crippen LogP contribution in [0.25, 0.3) is 11.1 Å². The Morgan fingerprint density at radius 1 is 1.08 bits per heavy atom. The zero-order chi connectivity index (χ0) is 17.2. The van der Waals surface area contributed by atoms with Crippen LogP contribution in [0.3, 0.4) is 0 Å². The van der Waals surface area contributed by atoms with Gasteiger partial charge in [0.05, 0.1) is 12.5 Å². The first-order chi connectivity index (χ1) is 12.2. The fraction of sp³-hybridized carbons (Fsp3) is 0.400. The molecule has 2 aliphatic rings. The van der Waals surface area contributed by atoms with E-state index in [9.17, 15) is 9.59 Å². The molecule has 1 aromatic heterocycles. The van der Waals surface area contributed by atoms with Crippen LogP contribution in [-0.4, -0.2) is 47.3 Å². The Bertz CT molecular complexity index is 761. The van der Waals surface area contributed by atoms with Crippen LogP contribution in [0.1, 0.15) is 36.0 Å². The zero-order valence-electron chi connectivity index (χ0n) is 14.2. The number of piperidine rings is 1. The van der Waals surface area contributed by atoms with Crippen molar-refractivity contribution in [2.45, 2.75) is 31.7 Å². The van der Waals surface area contributed by atoms with E-state index in [0.29, 0.717) is 31.1 Å². The number of carbonyl (C=O) groups excluding carboxylic acids is 2. The number of hydrogen-bond acceptors (Lipinski definition) is 3. The molecular formula is C20H22N2O3. The molecule has 1 aromatic carbocycles. The SMILES string of the molecule is O=C(c1cccc(-c2ccoc2)c1)N1CCC(N2CCCC2=O)CC1. The first-order valence-electron chi connectivity index (χ1n) is 8.94. The molecule has 5 heteroatoms. The van der Waals surface area contributed by atoms with Crippen LogP contribution < -0.4 is 0 Å². The van der Waals surface area contributed by atoms with Crippen LogP contribution in [0, 0.1) is 0 Å². The summed E-state index contributed by atoms with van der Waals surface area (Å²) in [6, 6.07) is 9.86. The molecule has 0 atom stereocenters. The highest BCUT2D eigenvalue weighted by Crippen LogP contribution is 2.25. The van der Waals surface area contributed by atoms with Gasteiger partial charge in [-0.1, -0.05) is 12.1 Å². The number of rotatable bonds is 3. The minimum atomic E-state index is 0.0662. The molecule has 2 amide bonds. The molecule has 3 heterocycles. The molecule has 2 saturated heterocycles. The number of carbonyl (C=O) groups is 2. The number of benzene rings is 1. The molecule has 2 fully saturated rings. The predicted octanol–water partition coefficient (Wildman–Crippen LogP) is 3.17. The number of furan rings is 1. The molecule has 25 heavy (non-hydrogen) atoms. The Balaban J connectivity index is 1.42. The molecule has 4 rings (SSSR count). The highest BCUT2D eigenvalue weighted by Gasteiger charge is 2.32. The van der Waals surface area contributed by atoms with Crippen molar-refractivity contribution in [2.24, 2.45) is 0 Å². The normalized spacial score (nSPS) is 18.8. The third-order valence-corrected chi connectivity index (χ3v) is 5.27. The van der Waals surface area contributed by atoms with E-state index in [1.165, 1.54) is 0 Å². The average molecular weight is 338 g/mol. The Kier molecular flexibility index (Phi) is 4.30. The lowest BCUT2D eigenvalue weighted by Gasteiger charge is -2.36. The monoisotopic (exact) mass is 338 g/mol. The predicted molar refractivity (Wildman–Crippen MR) is 94.0 cm³/mol. The summed E-state index contributed by atoms with van der Waals surface area (Å²) in [7, 11) is 0. The Morgan fingerprint density at radius 3 is 2.60 bits per heavy atom. The molecule has 0 spiro atoms. The van der Waals surface area contributed by atoms with E-state index < -0.39 is 0 Å². The van der Waals surface area contributed by atoms with E-state index in [4.69, 9.17) is 4.42 Å². The summed E-state index contributed by atoms with van der Waals surface area (Å²) >= 11 is 0. The molecule has 0 radical (unpaired) electrons. The first kappa shape index (κ1) is 15.9. The maximum atomic E-state index is 12.8. The van der Waals surface area contributed by atoms with Crippen LogP contribution >= 0.6 is 0 Å². The van der Waals surface area contributed by atoms with Gasteiger partial charge in [0.2, 0.25) is 5.91 Å². The molecular weight excluding hydrogens is 316 g/mol. The van der Waals surface area contributed by atoms with Crippen LogP contribution in [0.2, 0.25) is 0 Å². The van der Waals surface area contributed by atoms with E-state index in [1.807, 2.05) is 40.1 Å². The van der Waals surface area contributed by atoms with Crippen molar-refractivity contribution in [2.75, 3.05) is 19.6 Å². The summed E-state index contributed by atoms with van der Waals surface area (Å²) in [6.07, 6.45) is 6.72. The average Bonchev–Trinajstić information content (AvgIpc) is 3.33. The Labute approximate surface area is 147 Å². The smallest absolute Gasteiger partial charge is 0.253 e. The number of likely N-dealkylation sites (tertiary alicyclic amines) is 2. The zero-order valence-corrected chi connectivity index (χ0v) is 14.2. The van der Waals surface area contributed by atoms with Crippen molar-refractivity contribution in [3.8, 4) is 11.1 Å². The van der Waals surface area contributed by atoms with Crippen LogP contribution in [0.5, 0.6) is 0 Å². The van der Waals surface area contributed by atoms with Crippen molar-refractivity contribution in [1.82, 2.24) is 9.80 Å². The lowest BCUT2D eigenvalue weighted by atomic mass is 10.0. The summed E-state index contributed by atoms with van der Waals surface area (Å²) < 4.78 is 5.13. The molecule has 0 bridgehead atoms. The van der Waals surface area contributed by atoms with Crippen molar-refractivity contribution in [3.63, 3.8) is 0 Å². The fourth-order valence-electron chi connectivity index (χ4n) is 3.88. The van der Waals surface area contributed by atoms with E-state index in [2.05, 4.69) is 0 Å².